The van der Waals surface area contributed by atoms with E-state index in [9.17, 15) is 4.79 Å². The number of carbonyl (C=O) groups is 1. The molecule has 1 aliphatic carbocycles. The number of imidazole rings is 1. The maximum absolute atomic E-state index is 12.5. The van der Waals surface area contributed by atoms with Crippen molar-refractivity contribution in [2.75, 3.05) is 19.7 Å². The minimum absolute atomic E-state index is 0.104. The molecule has 0 aromatic carbocycles. The lowest BCUT2D eigenvalue weighted by molar-refractivity contribution is -0.126. The second kappa shape index (κ2) is 6.48. The van der Waals surface area contributed by atoms with Crippen LogP contribution in [0.15, 0.2) is 0 Å². The van der Waals surface area contributed by atoms with E-state index in [-0.39, 0.29) is 18.1 Å². The van der Waals surface area contributed by atoms with Gasteiger partial charge in [0.05, 0.1) is 17.8 Å². The Balaban J connectivity index is 1.36. The fraction of sp³-hybridized carbons (Fsp3) is 0.778. The molecule has 0 spiro atoms. The van der Waals surface area contributed by atoms with Gasteiger partial charge in [0, 0.05) is 51.3 Å². The molecule has 2 aliphatic heterocycles. The van der Waals surface area contributed by atoms with Gasteiger partial charge in [0.2, 0.25) is 5.91 Å². The van der Waals surface area contributed by atoms with Crippen molar-refractivity contribution in [1.29, 1.82) is 0 Å². The molecule has 6 nitrogen and oxygen atoms in total. The Labute approximate surface area is 143 Å². The molecule has 132 valence electrons. The molecule has 0 unspecified atom stereocenters. The summed E-state index contributed by atoms with van der Waals surface area (Å²) in [7, 11) is 2.15. The van der Waals surface area contributed by atoms with Gasteiger partial charge in [-0.25, -0.2) is 4.98 Å². The van der Waals surface area contributed by atoms with Crippen molar-refractivity contribution >= 4 is 5.91 Å². The topological polar surface area (TPSA) is 59.4 Å². The van der Waals surface area contributed by atoms with Gasteiger partial charge in [-0.1, -0.05) is 0 Å². The van der Waals surface area contributed by atoms with E-state index in [1.54, 1.807) is 0 Å². The predicted octanol–water partition coefficient (Wildman–Crippen LogP) is 1.34. The summed E-state index contributed by atoms with van der Waals surface area (Å²) in [4.78, 5) is 19.6. The van der Waals surface area contributed by atoms with Crippen LogP contribution in [0.2, 0.25) is 0 Å². The molecule has 0 bridgehead atoms. The van der Waals surface area contributed by atoms with Crippen molar-refractivity contribution < 1.29 is 9.53 Å². The SMILES string of the molecule is C[C@H](C(=O)NC[C@H]1CCCO1)N1CCc2c(nc(C3CC3)n2C)C1. The first-order valence-electron chi connectivity index (χ1n) is 9.31. The van der Waals surface area contributed by atoms with Crippen molar-refractivity contribution in [3.05, 3.63) is 17.2 Å². The minimum Gasteiger partial charge on any atom is -0.376 e. The quantitative estimate of drug-likeness (QED) is 0.884. The molecule has 3 aliphatic rings. The number of carbonyl (C=O) groups excluding carboxylic acids is 1. The van der Waals surface area contributed by atoms with Crippen LogP contribution >= 0.6 is 0 Å². The van der Waals surface area contributed by atoms with Crippen LogP contribution in [0.4, 0.5) is 0 Å². The van der Waals surface area contributed by atoms with Crippen LogP contribution in [-0.4, -0.2) is 52.2 Å². The Hall–Kier alpha value is -1.40. The van der Waals surface area contributed by atoms with Crippen LogP contribution < -0.4 is 5.32 Å². The zero-order chi connectivity index (χ0) is 16.7. The third kappa shape index (κ3) is 3.09. The lowest BCUT2D eigenvalue weighted by Crippen LogP contribution is -2.48. The van der Waals surface area contributed by atoms with Gasteiger partial charge >= 0.3 is 0 Å². The Kier molecular flexibility index (Phi) is 4.35. The zero-order valence-corrected chi connectivity index (χ0v) is 14.8. The highest BCUT2D eigenvalue weighted by Crippen LogP contribution is 2.40. The summed E-state index contributed by atoms with van der Waals surface area (Å²) >= 11 is 0. The number of fused-ring (bicyclic) bond motifs is 1. The molecule has 1 aromatic heterocycles. The summed E-state index contributed by atoms with van der Waals surface area (Å²) in [5, 5.41) is 3.06. The predicted molar refractivity (Wildman–Crippen MR) is 90.7 cm³/mol. The number of ether oxygens (including phenoxy) is 1. The van der Waals surface area contributed by atoms with Crippen LogP contribution in [0, 0.1) is 0 Å². The van der Waals surface area contributed by atoms with E-state index < -0.39 is 0 Å². The van der Waals surface area contributed by atoms with Crippen LogP contribution in [0.1, 0.15) is 55.7 Å². The molecule has 1 saturated heterocycles. The van der Waals surface area contributed by atoms with Crippen molar-refractivity contribution in [2.45, 2.75) is 63.6 Å². The van der Waals surface area contributed by atoms with E-state index in [2.05, 4.69) is 21.8 Å². The fourth-order valence-electron chi connectivity index (χ4n) is 3.94. The third-order valence-electron chi connectivity index (χ3n) is 5.72. The average molecular weight is 332 g/mol. The van der Waals surface area contributed by atoms with E-state index in [4.69, 9.17) is 9.72 Å². The van der Waals surface area contributed by atoms with Gasteiger partial charge < -0.3 is 14.6 Å². The van der Waals surface area contributed by atoms with Gasteiger partial charge in [0.1, 0.15) is 5.82 Å². The highest BCUT2D eigenvalue weighted by atomic mass is 16.5. The molecule has 1 N–H and O–H groups in total. The van der Waals surface area contributed by atoms with Gasteiger partial charge in [-0.2, -0.15) is 0 Å². The lowest BCUT2D eigenvalue weighted by Gasteiger charge is -2.31. The number of hydrogen-bond acceptors (Lipinski definition) is 4. The number of nitrogens with zero attached hydrogens (tertiary/aromatic N) is 3. The maximum atomic E-state index is 12.5. The highest BCUT2D eigenvalue weighted by molar-refractivity contribution is 5.81. The second-order valence-electron chi connectivity index (χ2n) is 7.47. The standard InChI is InChI=1S/C18H28N4O2/c1-12(18(23)19-10-14-4-3-9-24-14)22-8-7-16-15(11-22)20-17(21(16)2)13-5-6-13/h12-14H,3-11H2,1-2H3,(H,19,23)/t12-,14-/m1/s1. The van der Waals surface area contributed by atoms with Crippen LogP contribution in [0.25, 0.3) is 0 Å². The molecular weight excluding hydrogens is 304 g/mol. The second-order valence-corrected chi connectivity index (χ2v) is 7.47. The molecule has 24 heavy (non-hydrogen) atoms. The normalized spacial score (nSPS) is 25.5. The molecule has 4 rings (SSSR count). The molecule has 6 heteroatoms. The van der Waals surface area contributed by atoms with Gasteiger partial charge in [0.25, 0.3) is 0 Å². The van der Waals surface area contributed by atoms with Crippen LogP contribution in [0.3, 0.4) is 0 Å². The zero-order valence-electron chi connectivity index (χ0n) is 14.8. The van der Waals surface area contributed by atoms with E-state index in [0.717, 1.165) is 39.0 Å². The van der Waals surface area contributed by atoms with Crippen LogP contribution in [-0.2, 0) is 29.5 Å². The highest BCUT2D eigenvalue weighted by Gasteiger charge is 2.33. The minimum atomic E-state index is -0.120. The molecule has 1 saturated carbocycles. The summed E-state index contributed by atoms with van der Waals surface area (Å²) in [6, 6.07) is -0.120. The number of nitrogens with one attached hydrogen (secondary N) is 1. The Morgan fingerprint density at radius 1 is 1.42 bits per heavy atom. The molecule has 0 radical (unpaired) electrons. The maximum Gasteiger partial charge on any atom is 0.237 e. The lowest BCUT2D eigenvalue weighted by atomic mass is 10.1. The van der Waals surface area contributed by atoms with Gasteiger partial charge in [0.15, 0.2) is 0 Å². The molecular formula is C18H28N4O2. The Bertz CT molecular complexity index is 617. The van der Waals surface area contributed by atoms with Crippen molar-refractivity contribution in [2.24, 2.45) is 7.05 Å². The smallest absolute Gasteiger partial charge is 0.237 e. The number of hydrogen-bond donors (Lipinski definition) is 1. The van der Waals surface area contributed by atoms with E-state index in [1.165, 1.54) is 30.1 Å². The number of rotatable bonds is 5. The average Bonchev–Trinajstić information content (AvgIpc) is 3.20. The van der Waals surface area contributed by atoms with Crippen LogP contribution in [0.5, 0.6) is 0 Å². The summed E-state index contributed by atoms with van der Waals surface area (Å²) in [6.45, 7) is 5.17. The number of amides is 1. The first-order valence-corrected chi connectivity index (χ1v) is 9.31. The van der Waals surface area contributed by atoms with Gasteiger partial charge in [-0.05, 0) is 32.6 Å². The summed E-state index contributed by atoms with van der Waals surface area (Å²) < 4.78 is 7.88. The summed E-state index contributed by atoms with van der Waals surface area (Å²) in [5.41, 5.74) is 2.53. The Morgan fingerprint density at radius 2 is 2.25 bits per heavy atom. The first kappa shape index (κ1) is 16.1. The molecule has 2 fully saturated rings. The van der Waals surface area contributed by atoms with Crippen molar-refractivity contribution in [1.82, 2.24) is 19.8 Å². The Morgan fingerprint density at radius 3 is 2.96 bits per heavy atom. The van der Waals surface area contributed by atoms with Crippen molar-refractivity contribution in [3.63, 3.8) is 0 Å². The fourth-order valence-corrected chi connectivity index (χ4v) is 3.94. The van der Waals surface area contributed by atoms with Crippen molar-refractivity contribution in [3.8, 4) is 0 Å². The van der Waals surface area contributed by atoms with Gasteiger partial charge in [-0.3, -0.25) is 9.69 Å². The molecule has 1 aromatic rings. The van der Waals surface area contributed by atoms with Gasteiger partial charge in [-0.15, -0.1) is 0 Å². The molecule has 1 amide bonds. The molecule has 3 heterocycles. The van der Waals surface area contributed by atoms with E-state index in [1.807, 2.05) is 6.92 Å². The van der Waals surface area contributed by atoms with E-state index >= 15 is 0 Å². The molecule has 2 atom stereocenters. The summed E-state index contributed by atoms with van der Waals surface area (Å²) in [6.07, 6.45) is 5.89. The first-order chi connectivity index (χ1) is 11.6. The number of aromatic nitrogens is 2. The van der Waals surface area contributed by atoms with E-state index in [0.29, 0.717) is 12.5 Å². The largest absolute Gasteiger partial charge is 0.376 e. The third-order valence-corrected chi connectivity index (χ3v) is 5.72. The monoisotopic (exact) mass is 332 g/mol. The summed E-state index contributed by atoms with van der Waals surface area (Å²) in [5.74, 6) is 2.02.